The number of carbonyl (C=O) groups is 1. The Kier molecular flexibility index (Phi) is 7.04. The minimum absolute atomic E-state index is 0.446. The zero-order valence-corrected chi connectivity index (χ0v) is 14.5. The molecule has 4 heteroatoms. The van der Waals surface area contributed by atoms with E-state index in [1.165, 1.54) is 11.1 Å². The van der Waals surface area contributed by atoms with E-state index in [1.807, 2.05) is 6.08 Å². The number of hydrogen-bond donors (Lipinski definition) is 3. The Labute approximate surface area is 138 Å². The Bertz CT molecular complexity index is 624. The van der Waals surface area contributed by atoms with E-state index in [0.29, 0.717) is 17.7 Å². The maximum absolute atomic E-state index is 11.3. The van der Waals surface area contributed by atoms with E-state index in [9.17, 15) is 9.90 Å². The first-order valence-corrected chi connectivity index (χ1v) is 7.90. The Morgan fingerprint density at radius 1 is 1.26 bits per heavy atom. The lowest BCUT2D eigenvalue weighted by Crippen LogP contribution is -2.12. The van der Waals surface area contributed by atoms with E-state index in [4.69, 9.17) is 11.5 Å². The summed E-state index contributed by atoms with van der Waals surface area (Å²) in [5.41, 5.74) is 16.8. The molecule has 0 radical (unpaired) electrons. The normalized spacial score (nSPS) is 12.8. The van der Waals surface area contributed by atoms with Gasteiger partial charge in [0.15, 0.2) is 0 Å². The van der Waals surface area contributed by atoms with Gasteiger partial charge >= 0.3 is 0 Å². The summed E-state index contributed by atoms with van der Waals surface area (Å²) < 4.78 is 0. The summed E-state index contributed by atoms with van der Waals surface area (Å²) in [5.74, 6) is -0.467. The number of carbonyl (C=O) groups excluding carboxylic acids is 1. The van der Waals surface area contributed by atoms with Gasteiger partial charge in [0.25, 0.3) is 0 Å². The lowest BCUT2D eigenvalue weighted by molar-refractivity contribution is 0.1000. The third-order valence-electron chi connectivity index (χ3n) is 4.19. The number of rotatable bonds is 7. The molecule has 126 valence electrons. The lowest BCUT2D eigenvalue weighted by Gasteiger charge is -2.13. The molecule has 0 fully saturated rings. The highest BCUT2D eigenvalue weighted by atomic mass is 16.3. The molecule has 1 aromatic carbocycles. The summed E-state index contributed by atoms with van der Waals surface area (Å²) in [6.07, 6.45) is 3.81. The number of primary amides is 1. The van der Waals surface area contributed by atoms with Gasteiger partial charge in [-0.3, -0.25) is 4.79 Å². The molecule has 1 rings (SSSR count). The topological polar surface area (TPSA) is 89.3 Å². The first kappa shape index (κ1) is 19.0. The minimum Gasteiger partial charge on any atom is -0.398 e. The van der Waals surface area contributed by atoms with Crippen LogP contribution in [0, 0.1) is 0 Å². The van der Waals surface area contributed by atoms with Gasteiger partial charge in [-0.15, -0.1) is 0 Å². The summed E-state index contributed by atoms with van der Waals surface area (Å²) in [4.78, 5) is 11.3. The Morgan fingerprint density at radius 2 is 1.91 bits per heavy atom. The highest BCUT2D eigenvalue weighted by Crippen LogP contribution is 2.20. The molecule has 5 N–H and O–H groups in total. The predicted octanol–water partition coefficient (Wildman–Crippen LogP) is 3.35. The molecular weight excluding hydrogens is 288 g/mol. The van der Waals surface area contributed by atoms with Crippen molar-refractivity contribution in [1.29, 1.82) is 0 Å². The second kappa shape index (κ2) is 8.53. The van der Waals surface area contributed by atoms with Gasteiger partial charge in [-0.05, 0) is 76.3 Å². The van der Waals surface area contributed by atoms with Crippen molar-refractivity contribution in [3.05, 3.63) is 52.1 Å². The lowest BCUT2D eigenvalue weighted by atomic mass is 9.97. The van der Waals surface area contributed by atoms with E-state index in [-0.39, 0.29) is 0 Å². The van der Waals surface area contributed by atoms with E-state index in [2.05, 4.69) is 20.8 Å². The molecule has 1 aromatic rings. The second-order valence-corrected chi connectivity index (χ2v) is 6.22. The van der Waals surface area contributed by atoms with Gasteiger partial charge in [0.1, 0.15) is 0 Å². The zero-order valence-electron chi connectivity index (χ0n) is 14.5. The second-order valence-electron chi connectivity index (χ2n) is 6.22. The van der Waals surface area contributed by atoms with Crippen molar-refractivity contribution in [3.8, 4) is 0 Å². The van der Waals surface area contributed by atoms with Gasteiger partial charge < -0.3 is 16.6 Å². The van der Waals surface area contributed by atoms with Gasteiger partial charge in [-0.2, -0.15) is 0 Å². The molecule has 0 saturated carbocycles. The summed E-state index contributed by atoms with van der Waals surface area (Å²) in [5, 5.41) is 9.96. The van der Waals surface area contributed by atoms with Crippen molar-refractivity contribution in [2.24, 2.45) is 5.73 Å². The molecule has 0 aliphatic heterocycles. The number of allylic oxidation sites excluding steroid dienone is 3. The van der Waals surface area contributed by atoms with Crippen LogP contribution in [0.15, 0.2) is 41.0 Å². The van der Waals surface area contributed by atoms with Crippen LogP contribution in [0.25, 0.3) is 0 Å². The van der Waals surface area contributed by atoms with Crippen molar-refractivity contribution in [3.63, 3.8) is 0 Å². The molecule has 0 spiro atoms. The number of nitrogens with two attached hydrogens (primary N) is 2. The van der Waals surface area contributed by atoms with E-state index < -0.39 is 12.0 Å². The van der Waals surface area contributed by atoms with Crippen LogP contribution in [0.4, 0.5) is 5.69 Å². The van der Waals surface area contributed by atoms with Crippen molar-refractivity contribution >= 4 is 11.6 Å². The standard InChI is InChI=1S/C19H28N2O2/c1-12(2)13(3)5-6-15(14(4)22)7-8-16-11-17(19(21)23)9-10-18(16)20/h7,9-11,14,22H,5-6,8,20H2,1-4H3,(H2,21,23). The smallest absolute Gasteiger partial charge is 0.248 e. The molecule has 1 unspecified atom stereocenters. The summed E-state index contributed by atoms with van der Waals surface area (Å²) in [7, 11) is 0. The van der Waals surface area contributed by atoms with Gasteiger partial charge in [-0.1, -0.05) is 17.2 Å². The monoisotopic (exact) mass is 316 g/mol. The van der Waals surface area contributed by atoms with Crippen LogP contribution < -0.4 is 11.5 Å². The maximum atomic E-state index is 11.3. The summed E-state index contributed by atoms with van der Waals surface area (Å²) in [6, 6.07) is 5.03. The van der Waals surface area contributed by atoms with Crippen molar-refractivity contribution < 1.29 is 9.90 Å². The van der Waals surface area contributed by atoms with Crippen LogP contribution in [-0.4, -0.2) is 17.1 Å². The zero-order chi connectivity index (χ0) is 17.6. The maximum Gasteiger partial charge on any atom is 0.248 e. The van der Waals surface area contributed by atoms with Gasteiger partial charge in [0.05, 0.1) is 6.10 Å². The number of anilines is 1. The highest BCUT2D eigenvalue weighted by molar-refractivity contribution is 5.93. The quantitative estimate of drug-likeness (QED) is 0.532. The summed E-state index contributed by atoms with van der Waals surface area (Å²) in [6.45, 7) is 8.07. The fourth-order valence-corrected chi connectivity index (χ4v) is 2.24. The molecule has 0 aromatic heterocycles. The summed E-state index contributed by atoms with van der Waals surface area (Å²) >= 11 is 0. The third kappa shape index (κ3) is 5.91. The van der Waals surface area contributed by atoms with Crippen LogP contribution in [-0.2, 0) is 6.42 Å². The molecule has 0 saturated heterocycles. The average molecular weight is 316 g/mol. The van der Waals surface area contributed by atoms with Crippen LogP contribution in [0.3, 0.4) is 0 Å². The van der Waals surface area contributed by atoms with E-state index >= 15 is 0 Å². The number of aliphatic hydroxyl groups excluding tert-OH is 1. The molecule has 0 aliphatic rings. The van der Waals surface area contributed by atoms with Crippen molar-refractivity contribution in [2.45, 2.75) is 53.1 Å². The fourth-order valence-electron chi connectivity index (χ4n) is 2.24. The molecule has 0 bridgehead atoms. The highest BCUT2D eigenvalue weighted by Gasteiger charge is 2.08. The fraction of sp³-hybridized carbons (Fsp3) is 0.421. The van der Waals surface area contributed by atoms with E-state index in [1.54, 1.807) is 25.1 Å². The molecule has 0 aliphatic carbocycles. The minimum atomic E-state index is -0.500. The number of hydrogen-bond acceptors (Lipinski definition) is 3. The van der Waals surface area contributed by atoms with Crippen LogP contribution >= 0.6 is 0 Å². The molecule has 0 heterocycles. The van der Waals surface area contributed by atoms with Crippen LogP contribution in [0.5, 0.6) is 0 Å². The largest absolute Gasteiger partial charge is 0.398 e. The first-order chi connectivity index (χ1) is 10.7. The van der Waals surface area contributed by atoms with Gasteiger partial charge in [0.2, 0.25) is 5.91 Å². The SMILES string of the molecule is CC(C)=C(C)CCC(=CCc1cc(C(N)=O)ccc1N)C(C)O. The van der Waals surface area contributed by atoms with Crippen LogP contribution in [0.1, 0.15) is 56.5 Å². The number of nitrogen functional groups attached to an aromatic ring is 1. The Morgan fingerprint density at radius 3 is 2.43 bits per heavy atom. The van der Waals surface area contributed by atoms with Gasteiger partial charge in [-0.25, -0.2) is 0 Å². The Balaban J connectivity index is 2.92. The molecule has 23 heavy (non-hydrogen) atoms. The average Bonchev–Trinajstić information content (AvgIpc) is 2.47. The molecule has 4 nitrogen and oxygen atoms in total. The van der Waals surface area contributed by atoms with Crippen molar-refractivity contribution in [1.82, 2.24) is 0 Å². The number of amides is 1. The van der Waals surface area contributed by atoms with Crippen molar-refractivity contribution in [2.75, 3.05) is 5.73 Å². The predicted molar refractivity (Wildman–Crippen MR) is 96.1 cm³/mol. The van der Waals surface area contributed by atoms with E-state index in [0.717, 1.165) is 24.0 Å². The first-order valence-electron chi connectivity index (χ1n) is 7.90. The van der Waals surface area contributed by atoms with Crippen LogP contribution in [0.2, 0.25) is 0 Å². The number of benzene rings is 1. The number of aliphatic hydroxyl groups is 1. The molecule has 1 amide bonds. The third-order valence-corrected chi connectivity index (χ3v) is 4.19. The van der Waals surface area contributed by atoms with Gasteiger partial charge in [0, 0.05) is 11.3 Å². The molecular formula is C19H28N2O2. The molecule has 1 atom stereocenters. The Hall–Kier alpha value is -2.07.